The zero-order chi connectivity index (χ0) is 19.4. The highest BCUT2D eigenvalue weighted by atomic mass is 32.2. The van der Waals surface area contributed by atoms with Crippen molar-refractivity contribution in [3.05, 3.63) is 48.4 Å². The van der Waals surface area contributed by atoms with Gasteiger partial charge in [-0.25, -0.2) is 8.42 Å². The zero-order valence-corrected chi connectivity index (χ0v) is 16.1. The third kappa shape index (κ3) is 2.54. The number of benzene rings is 1. The lowest BCUT2D eigenvalue weighted by molar-refractivity contribution is -0.141. The van der Waals surface area contributed by atoms with Crippen molar-refractivity contribution in [3.63, 3.8) is 0 Å². The molecule has 3 heterocycles. The average Bonchev–Trinajstić information content (AvgIpc) is 3.39. The van der Waals surface area contributed by atoms with Crippen molar-refractivity contribution in [1.82, 2.24) is 15.0 Å². The van der Waals surface area contributed by atoms with Gasteiger partial charge in [0.1, 0.15) is 4.75 Å². The van der Waals surface area contributed by atoms with Crippen LogP contribution in [0.25, 0.3) is 11.4 Å². The molecule has 0 radical (unpaired) electrons. The van der Waals surface area contributed by atoms with E-state index in [1.807, 2.05) is 42.5 Å². The van der Waals surface area contributed by atoms with Gasteiger partial charge in [0.05, 0.1) is 11.7 Å². The van der Waals surface area contributed by atoms with Gasteiger partial charge in [0.2, 0.25) is 17.6 Å². The number of sulfone groups is 1. The Morgan fingerprint density at radius 1 is 1.14 bits per heavy atom. The molecule has 3 aliphatic rings. The Kier molecular flexibility index (Phi) is 3.94. The maximum Gasteiger partial charge on any atom is 0.231 e. The molecule has 2 aromatic rings. The molecular formula is C20H21N3O4S. The fourth-order valence-electron chi connectivity index (χ4n) is 4.64. The average molecular weight is 399 g/mol. The van der Waals surface area contributed by atoms with E-state index in [9.17, 15) is 13.2 Å². The van der Waals surface area contributed by atoms with Crippen LogP contribution in [0.3, 0.4) is 0 Å². The van der Waals surface area contributed by atoms with Crippen molar-refractivity contribution in [2.75, 3.05) is 18.8 Å². The molecule has 146 valence electrons. The Balaban J connectivity index is 1.40. The van der Waals surface area contributed by atoms with Crippen molar-refractivity contribution in [1.29, 1.82) is 0 Å². The van der Waals surface area contributed by atoms with Gasteiger partial charge >= 0.3 is 0 Å². The number of nitrogens with zero attached hydrogens (tertiary/aromatic N) is 3. The van der Waals surface area contributed by atoms with Crippen LogP contribution in [0.4, 0.5) is 0 Å². The summed E-state index contributed by atoms with van der Waals surface area (Å²) in [6.45, 7) is 0.441. The summed E-state index contributed by atoms with van der Waals surface area (Å²) in [5, 5.41) is 4.05. The summed E-state index contributed by atoms with van der Waals surface area (Å²) in [6, 6.07) is 9.45. The van der Waals surface area contributed by atoms with Crippen LogP contribution in [0.15, 0.2) is 47.0 Å². The lowest BCUT2D eigenvalue weighted by Gasteiger charge is -2.49. The maximum atomic E-state index is 12.9. The summed E-state index contributed by atoms with van der Waals surface area (Å²) >= 11 is 0. The molecule has 1 aliphatic carbocycles. The van der Waals surface area contributed by atoms with Crippen LogP contribution >= 0.6 is 0 Å². The second-order valence-corrected chi connectivity index (χ2v) is 10.3. The summed E-state index contributed by atoms with van der Waals surface area (Å²) < 4.78 is 30.2. The molecular weight excluding hydrogens is 378 g/mol. The first-order valence-electron chi connectivity index (χ1n) is 9.55. The van der Waals surface area contributed by atoms with Crippen LogP contribution in [0.2, 0.25) is 0 Å². The monoisotopic (exact) mass is 399 g/mol. The molecule has 2 aliphatic heterocycles. The normalized spacial score (nSPS) is 25.3. The quantitative estimate of drug-likeness (QED) is 0.735. The first-order chi connectivity index (χ1) is 13.5. The van der Waals surface area contributed by atoms with Gasteiger partial charge in [0.15, 0.2) is 9.84 Å². The standard InChI is InChI=1S/C20H21N3O4S/c24-19(15-8-4-5-9-15)23-12-20(13-23)16(10-11-28(20,25)26)18-21-17(22-27-18)14-6-2-1-3-7-14/h1-7,15-16H,8-13H2. The largest absolute Gasteiger partial charge is 0.339 e. The van der Waals surface area contributed by atoms with Crippen molar-refractivity contribution >= 4 is 15.7 Å². The van der Waals surface area contributed by atoms with Gasteiger partial charge in [-0.2, -0.15) is 4.98 Å². The molecule has 1 spiro atoms. The summed E-state index contributed by atoms with van der Waals surface area (Å²) in [5.74, 6) is 0.537. The highest BCUT2D eigenvalue weighted by Gasteiger charge is 2.64. The van der Waals surface area contributed by atoms with Crippen LogP contribution in [0, 0.1) is 5.92 Å². The number of likely N-dealkylation sites (tertiary alicyclic amines) is 1. The fourth-order valence-corrected chi connectivity index (χ4v) is 6.95. The molecule has 1 amide bonds. The molecule has 1 aromatic carbocycles. The number of carbonyl (C=O) groups is 1. The van der Waals surface area contributed by atoms with E-state index in [-0.39, 0.29) is 36.6 Å². The van der Waals surface area contributed by atoms with Crippen LogP contribution in [-0.4, -0.2) is 53.0 Å². The molecule has 5 rings (SSSR count). The van der Waals surface area contributed by atoms with E-state index < -0.39 is 14.6 Å². The molecule has 0 saturated carbocycles. The lowest BCUT2D eigenvalue weighted by Crippen LogP contribution is -2.68. The third-order valence-corrected chi connectivity index (χ3v) is 8.84. The molecule has 1 atom stereocenters. The maximum absolute atomic E-state index is 12.9. The van der Waals surface area contributed by atoms with Gasteiger partial charge in [-0.15, -0.1) is 0 Å². The molecule has 2 saturated heterocycles. The molecule has 8 heteroatoms. The van der Waals surface area contributed by atoms with Crippen molar-refractivity contribution in [2.45, 2.75) is 29.9 Å². The van der Waals surface area contributed by atoms with E-state index in [2.05, 4.69) is 10.1 Å². The predicted octanol–water partition coefficient (Wildman–Crippen LogP) is 2.19. The first-order valence-corrected chi connectivity index (χ1v) is 11.2. The van der Waals surface area contributed by atoms with Crippen LogP contribution in [0.1, 0.15) is 31.1 Å². The molecule has 2 fully saturated rings. The van der Waals surface area contributed by atoms with E-state index in [0.29, 0.717) is 18.1 Å². The molecule has 1 aromatic heterocycles. The van der Waals surface area contributed by atoms with Gasteiger partial charge in [0, 0.05) is 24.6 Å². The molecule has 0 N–H and O–H groups in total. The van der Waals surface area contributed by atoms with E-state index in [4.69, 9.17) is 4.52 Å². The van der Waals surface area contributed by atoms with Gasteiger partial charge in [-0.1, -0.05) is 47.6 Å². The second kappa shape index (κ2) is 6.27. The predicted molar refractivity (Wildman–Crippen MR) is 102 cm³/mol. The summed E-state index contributed by atoms with van der Waals surface area (Å²) in [5.41, 5.74) is 0.826. The minimum Gasteiger partial charge on any atom is -0.339 e. The van der Waals surface area contributed by atoms with Gasteiger partial charge in [-0.05, 0) is 19.3 Å². The first kappa shape index (κ1) is 17.6. The van der Waals surface area contributed by atoms with Gasteiger partial charge < -0.3 is 9.42 Å². The van der Waals surface area contributed by atoms with Crippen LogP contribution < -0.4 is 0 Å². The topological polar surface area (TPSA) is 93.4 Å². The number of aromatic nitrogens is 2. The smallest absolute Gasteiger partial charge is 0.231 e. The summed E-state index contributed by atoms with van der Waals surface area (Å²) in [6.07, 6.45) is 5.95. The lowest BCUT2D eigenvalue weighted by atomic mass is 9.82. The summed E-state index contributed by atoms with van der Waals surface area (Å²) in [4.78, 5) is 18.8. The van der Waals surface area contributed by atoms with Crippen molar-refractivity contribution in [2.24, 2.45) is 5.92 Å². The summed E-state index contributed by atoms with van der Waals surface area (Å²) in [7, 11) is -3.33. The second-order valence-electron chi connectivity index (χ2n) is 7.88. The molecule has 1 unspecified atom stereocenters. The van der Waals surface area contributed by atoms with Gasteiger partial charge in [0.25, 0.3) is 0 Å². The highest BCUT2D eigenvalue weighted by Crippen LogP contribution is 2.50. The number of amides is 1. The molecule has 7 nitrogen and oxygen atoms in total. The van der Waals surface area contributed by atoms with Crippen molar-refractivity contribution in [3.8, 4) is 11.4 Å². The Hall–Kier alpha value is -2.48. The Morgan fingerprint density at radius 3 is 2.57 bits per heavy atom. The minimum atomic E-state index is -3.33. The Bertz CT molecular complexity index is 1030. The van der Waals surface area contributed by atoms with E-state index in [1.165, 1.54) is 0 Å². The highest BCUT2D eigenvalue weighted by molar-refractivity contribution is 7.93. The number of hydrogen-bond donors (Lipinski definition) is 0. The third-order valence-electron chi connectivity index (χ3n) is 6.29. The van der Waals surface area contributed by atoms with E-state index in [1.54, 1.807) is 4.90 Å². The van der Waals surface area contributed by atoms with Gasteiger partial charge in [-0.3, -0.25) is 4.79 Å². The fraction of sp³-hybridized carbons (Fsp3) is 0.450. The van der Waals surface area contributed by atoms with E-state index in [0.717, 1.165) is 18.4 Å². The van der Waals surface area contributed by atoms with Crippen molar-refractivity contribution < 1.29 is 17.7 Å². The SMILES string of the molecule is O=C(C1CC=CC1)N1CC2(C1)C(c1nc(-c3ccccc3)no1)CCS2(=O)=O. The minimum absolute atomic E-state index is 0.0481. The number of carbonyl (C=O) groups excluding carboxylic acids is 1. The zero-order valence-electron chi connectivity index (χ0n) is 15.3. The number of allylic oxidation sites excluding steroid dienone is 2. The number of rotatable bonds is 3. The van der Waals surface area contributed by atoms with Crippen LogP contribution in [-0.2, 0) is 14.6 Å². The van der Waals surface area contributed by atoms with Crippen LogP contribution in [0.5, 0.6) is 0 Å². The number of hydrogen-bond acceptors (Lipinski definition) is 6. The van der Waals surface area contributed by atoms with E-state index >= 15 is 0 Å². The molecule has 28 heavy (non-hydrogen) atoms. The molecule has 0 bridgehead atoms. The Morgan fingerprint density at radius 2 is 1.86 bits per heavy atom. The Labute approximate surface area is 163 Å².